The minimum Gasteiger partial charge on any atom is -0.465 e. The third kappa shape index (κ3) is 2.27. The Kier molecular flexibility index (Phi) is 2.70. The third-order valence-electron chi connectivity index (χ3n) is 2.15. The number of carbonyl (C=O) groups is 1. The average Bonchev–Trinajstić information content (AvgIpc) is 1.98. The molecule has 1 aliphatic rings. The SMILES string of the molecule is O=C(O)N[C@@H]1CCCC(F)(F)C1O. The van der Waals surface area contributed by atoms with Crippen molar-refractivity contribution >= 4 is 6.09 Å². The standard InChI is InChI=1S/C7H11F2NO3/c8-7(9)3-1-2-4(5(7)11)10-6(12)13/h4-5,10-11H,1-3H2,(H,12,13)/t4-,5?/m1/s1. The highest BCUT2D eigenvalue weighted by molar-refractivity contribution is 5.65. The molecular weight excluding hydrogens is 184 g/mol. The molecule has 0 saturated heterocycles. The topological polar surface area (TPSA) is 69.6 Å². The molecule has 6 heteroatoms. The van der Waals surface area contributed by atoms with Gasteiger partial charge in [-0.1, -0.05) is 0 Å². The van der Waals surface area contributed by atoms with Gasteiger partial charge in [-0.2, -0.15) is 0 Å². The highest BCUT2D eigenvalue weighted by Crippen LogP contribution is 2.33. The summed E-state index contributed by atoms with van der Waals surface area (Å²) in [5.41, 5.74) is 0. The zero-order valence-electron chi connectivity index (χ0n) is 6.83. The van der Waals surface area contributed by atoms with Crippen LogP contribution >= 0.6 is 0 Å². The van der Waals surface area contributed by atoms with E-state index in [1.807, 2.05) is 5.32 Å². The van der Waals surface area contributed by atoms with Crippen LogP contribution < -0.4 is 5.32 Å². The first-order valence-corrected chi connectivity index (χ1v) is 3.99. The fraction of sp³-hybridized carbons (Fsp3) is 0.857. The van der Waals surface area contributed by atoms with E-state index in [1.165, 1.54) is 0 Å². The van der Waals surface area contributed by atoms with Gasteiger partial charge in [0.15, 0.2) is 0 Å². The van der Waals surface area contributed by atoms with Crippen molar-refractivity contribution in [3.05, 3.63) is 0 Å². The molecule has 1 unspecified atom stereocenters. The molecule has 0 aliphatic heterocycles. The maximum atomic E-state index is 12.8. The number of alkyl halides is 2. The highest BCUT2D eigenvalue weighted by Gasteiger charge is 2.46. The van der Waals surface area contributed by atoms with E-state index in [0.717, 1.165) is 0 Å². The molecule has 13 heavy (non-hydrogen) atoms. The van der Waals surface area contributed by atoms with E-state index in [4.69, 9.17) is 10.2 Å². The predicted octanol–water partition coefficient (Wildman–Crippen LogP) is 0.803. The fourth-order valence-electron chi connectivity index (χ4n) is 1.47. The molecule has 3 N–H and O–H groups in total. The summed E-state index contributed by atoms with van der Waals surface area (Å²) in [6.45, 7) is 0. The number of hydrogen-bond acceptors (Lipinski definition) is 2. The summed E-state index contributed by atoms with van der Waals surface area (Å²) >= 11 is 0. The molecule has 1 amide bonds. The van der Waals surface area contributed by atoms with E-state index in [1.54, 1.807) is 0 Å². The minimum atomic E-state index is -3.18. The molecule has 1 fully saturated rings. The van der Waals surface area contributed by atoms with Crippen molar-refractivity contribution in [3.63, 3.8) is 0 Å². The van der Waals surface area contributed by atoms with Gasteiger partial charge in [0.25, 0.3) is 5.92 Å². The third-order valence-corrected chi connectivity index (χ3v) is 2.15. The zero-order chi connectivity index (χ0) is 10.1. The normalized spacial score (nSPS) is 32.5. The predicted molar refractivity (Wildman–Crippen MR) is 39.8 cm³/mol. The molecule has 4 nitrogen and oxygen atoms in total. The second kappa shape index (κ2) is 3.45. The molecule has 1 aliphatic carbocycles. The van der Waals surface area contributed by atoms with Crippen LogP contribution in [0.3, 0.4) is 0 Å². The Labute approximate surface area is 73.6 Å². The van der Waals surface area contributed by atoms with Gasteiger partial charge in [-0.25, -0.2) is 13.6 Å². The summed E-state index contributed by atoms with van der Waals surface area (Å²) < 4.78 is 25.6. The van der Waals surface area contributed by atoms with Gasteiger partial charge in [-0.15, -0.1) is 0 Å². The quantitative estimate of drug-likeness (QED) is 0.579. The number of amides is 1. The largest absolute Gasteiger partial charge is 0.465 e. The van der Waals surface area contributed by atoms with Crippen LogP contribution in [0.5, 0.6) is 0 Å². The number of rotatable bonds is 1. The number of hydrogen-bond donors (Lipinski definition) is 3. The van der Waals surface area contributed by atoms with Gasteiger partial charge < -0.3 is 15.5 Å². The van der Waals surface area contributed by atoms with E-state index >= 15 is 0 Å². The van der Waals surface area contributed by atoms with Crippen LogP contribution in [0.4, 0.5) is 13.6 Å². The molecule has 0 aromatic rings. The second-order valence-corrected chi connectivity index (χ2v) is 3.15. The molecule has 0 spiro atoms. The van der Waals surface area contributed by atoms with Gasteiger partial charge >= 0.3 is 6.09 Å². The smallest absolute Gasteiger partial charge is 0.404 e. The van der Waals surface area contributed by atoms with E-state index in [9.17, 15) is 13.6 Å². The van der Waals surface area contributed by atoms with Crippen molar-refractivity contribution in [1.82, 2.24) is 5.32 Å². The molecule has 0 radical (unpaired) electrons. The average molecular weight is 195 g/mol. The molecule has 2 atom stereocenters. The second-order valence-electron chi connectivity index (χ2n) is 3.15. The number of aliphatic hydroxyl groups excluding tert-OH is 1. The van der Waals surface area contributed by atoms with Crippen molar-refractivity contribution in [2.24, 2.45) is 0 Å². The minimum absolute atomic E-state index is 0.217. The Morgan fingerprint density at radius 1 is 1.54 bits per heavy atom. The summed E-state index contributed by atoms with van der Waals surface area (Å²) in [5, 5.41) is 19.2. The van der Waals surface area contributed by atoms with Crippen molar-refractivity contribution in [2.45, 2.75) is 37.3 Å². The van der Waals surface area contributed by atoms with Gasteiger partial charge in [-0.3, -0.25) is 0 Å². The Hall–Kier alpha value is -0.910. The first-order valence-electron chi connectivity index (χ1n) is 3.99. The Morgan fingerprint density at radius 3 is 2.69 bits per heavy atom. The lowest BCUT2D eigenvalue weighted by Gasteiger charge is -2.34. The lowest BCUT2D eigenvalue weighted by Crippen LogP contribution is -2.53. The van der Waals surface area contributed by atoms with Crippen LogP contribution in [0.15, 0.2) is 0 Å². The van der Waals surface area contributed by atoms with Crippen LogP contribution in [0.1, 0.15) is 19.3 Å². The van der Waals surface area contributed by atoms with E-state index in [2.05, 4.69) is 0 Å². The van der Waals surface area contributed by atoms with Gasteiger partial charge in [0, 0.05) is 6.42 Å². The van der Waals surface area contributed by atoms with Crippen molar-refractivity contribution in [1.29, 1.82) is 0 Å². The van der Waals surface area contributed by atoms with Gasteiger partial charge in [0.1, 0.15) is 6.10 Å². The summed E-state index contributed by atoms with van der Waals surface area (Å²) in [4.78, 5) is 10.2. The lowest BCUT2D eigenvalue weighted by atomic mass is 9.89. The Bertz CT molecular complexity index is 210. The van der Waals surface area contributed by atoms with Crippen LogP contribution in [0.2, 0.25) is 0 Å². The monoisotopic (exact) mass is 195 g/mol. The van der Waals surface area contributed by atoms with Crippen LogP contribution in [0, 0.1) is 0 Å². The molecule has 1 saturated carbocycles. The van der Waals surface area contributed by atoms with E-state index < -0.39 is 24.2 Å². The summed E-state index contributed by atoms with van der Waals surface area (Å²) in [7, 11) is 0. The molecular formula is C7H11F2NO3. The van der Waals surface area contributed by atoms with E-state index in [-0.39, 0.29) is 19.3 Å². The number of halogens is 2. The van der Waals surface area contributed by atoms with Crippen LogP contribution in [-0.4, -0.2) is 34.4 Å². The van der Waals surface area contributed by atoms with Gasteiger partial charge in [-0.05, 0) is 12.8 Å². The first-order chi connectivity index (χ1) is 5.93. The lowest BCUT2D eigenvalue weighted by molar-refractivity contribution is -0.142. The molecule has 0 aromatic heterocycles. The van der Waals surface area contributed by atoms with Crippen LogP contribution in [0.25, 0.3) is 0 Å². The number of aliphatic hydroxyl groups is 1. The Balaban J connectivity index is 2.60. The Morgan fingerprint density at radius 2 is 2.15 bits per heavy atom. The highest BCUT2D eigenvalue weighted by atomic mass is 19.3. The fourth-order valence-corrected chi connectivity index (χ4v) is 1.47. The van der Waals surface area contributed by atoms with Crippen molar-refractivity contribution in [3.8, 4) is 0 Å². The van der Waals surface area contributed by atoms with Crippen molar-refractivity contribution < 1.29 is 23.8 Å². The first kappa shape index (κ1) is 10.2. The number of carboxylic acid groups (broad SMARTS) is 1. The molecule has 0 heterocycles. The summed E-state index contributed by atoms with van der Waals surface area (Å²) in [6, 6.07) is -1.05. The van der Waals surface area contributed by atoms with E-state index in [0.29, 0.717) is 0 Å². The number of nitrogens with one attached hydrogen (secondary N) is 1. The van der Waals surface area contributed by atoms with Crippen molar-refractivity contribution in [2.75, 3.05) is 0 Å². The molecule has 76 valence electrons. The van der Waals surface area contributed by atoms with Gasteiger partial charge in [0.2, 0.25) is 0 Å². The summed E-state index contributed by atoms with van der Waals surface area (Å²) in [6.07, 6.45) is -3.21. The van der Waals surface area contributed by atoms with Gasteiger partial charge in [0.05, 0.1) is 6.04 Å². The molecule has 0 aromatic carbocycles. The zero-order valence-corrected chi connectivity index (χ0v) is 6.83. The molecule has 0 bridgehead atoms. The maximum Gasteiger partial charge on any atom is 0.404 e. The molecule has 1 rings (SSSR count). The summed E-state index contributed by atoms with van der Waals surface area (Å²) in [5.74, 6) is -3.18. The van der Waals surface area contributed by atoms with Crippen LogP contribution in [-0.2, 0) is 0 Å². The maximum absolute atomic E-state index is 12.8.